The Morgan fingerprint density at radius 1 is 1.12 bits per heavy atom. The zero-order chi connectivity index (χ0) is 19.0. The van der Waals surface area contributed by atoms with Crippen LogP contribution in [0.1, 0.15) is 12.5 Å². The number of sulfonamides is 1. The maximum Gasteiger partial charge on any atom is 0.240 e. The molecule has 0 heterocycles. The highest BCUT2D eigenvalue weighted by atomic mass is 32.2. The van der Waals surface area contributed by atoms with E-state index >= 15 is 0 Å². The van der Waals surface area contributed by atoms with E-state index in [2.05, 4.69) is 10.0 Å². The van der Waals surface area contributed by atoms with E-state index in [1.165, 1.54) is 30.3 Å². The smallest absolute Gasteiger partial charge is 0.240 e. The van der Waals surface area contributed by atoms with Gasteiger partial charge in [0.1, 0.15) is 0 Å². The maximum absolute atomic E-state index is 12.5. The molecule has 0 saturated carbocycles. The summed E-state index contributed by atoms with van der Waals surface area (Å²) in [5.74, 6) is 1.29. The fourth-order valence-electron chi connectivity index (χ4n) is 2.24. The minimum absolute atomic E-state index is 0.145. The maximum atomic E-state index is 12.5. The minimum atomic E-state index is -3.61. The Balaban J connectivity index is 1.93. The van der Waals surface area contributed by atoms with Gasteiger partial charge in [0.15, 0.2) is 0 Å². The number of rotatable bonds is 9. The van der Waals surface area contributed by atoms with Crippen LogP contribution < -0.4 is 10.0 Å². The fraction of sp³-hybridized carbons (Fsp3) is 0.278. The van der Waals surface area contributed by atoms with Crippen molar-refractivity contribution in [2.45, 2.75) is 22.5 Å². The van der Waals surface area contributed by atoms with Gasteiger partial charge in [0, 0.05) is 29.9 Å². The number of thioether (sulfide) groups is 2. The molecule has 0 aliphatic carbocycles. The van der Waals surface area contributed by atoms with Gasteiger partial charge >= 0.3 is 0 Å². The summed E-state index contributed by atoms with van der Waals surface area (Å²) in [6, 6.07) is 14.8. The second kappa shape index (κ2) is 10.0. The predicted molar refractivity (Wildman–Crippen MR) is 110 cm³/mol. The van der Waals surface area contributed by atoms with Crippen molar-refractivity contribution in [3.8, 4) is 0 Å². The van der Waals surface area contributed by atoms with Crippen molar-refractivity contribution >= 4 is 45.1 Å². The lowest BCUT2D eigenvalue weighted by Crippen LogP contribution is -2.26. The molecule has 2 N–H and O–H groups in total. The lowest BCUT2D eigenvalue weighted by molar-refractivity contribution is -0.114. The molecule has 0 bridgehead atoms. The summed E-state index contributed by atoms with van der Waals surface area (Å²) < 4.78 is 27.5. The Morgan fingerprint density at radius 2 is 1.85 bits per heavy atom. The Bertz CT molecular complexity index is 840. The SMILES string of the molecule is CSc1ccc(S(=O)(=O)NCCSCc2ccccc2)cc1NC(C)=O. The third kappa shape index (κ3) is 6.35. The molecule has 2 aromatic rings. The lowest BCUT2D eigenvalue weighted by atomic mass is 10.2. The Kier molecular flexibility index (Phi) is 8.02. The van der Waals surface area contributed by atoms with Gasteiger partial charge in [-0.3, -0.25) is 4.79 Å². The van der Waals surface area contributed by atoms with Crippen LogP contribution in [0.4, 0.5) is 5.69 Å². The number of carbonyl (C=O) groups excluding carboxylic acids is 1. The van der Waals surface area contributed by atoms with Crippen LogP contribution in [0, 0.1) is 0 Å². The van der Waals surface area contributed by atoms with E-state index in [9.17, 15) is 13.2 Å². The molecule has 2 rings (SSSR count). The largest absolute Gasteiger partial charge is 0.325 e. The van der Waals surface area contributed by atoms with Gasteiger partial charge in [-0.2, -0.15) is 11.8 Å². The van der Waals surface area contributed by atoms with Crippen LogP contribution in [-0.4, -0.2) is 32.9 Å². The van der Waals surface area contributed by atoms with Crippen molar-refractivity contribution in [1.82, 2.24) is 4.72 Å². The third-order valence-corrected chi connectivity index (χ3v) is 6.73. The molecule has 0 atom stereocenters. The van der Waals surface area contributed by atoms with Crippen molar-refractivity contribution in [2.24, 2.45) is 0 Å². The highest BCUT2D eigenvalue weighted by Crippen LogP contribution is 2.28. The van der Waals surface area contributed by atoms with Crippen LogP contribution in [0.15, 0.2) is 58.3 Å². The standard InChI is InChI=1S/C18H22N2O3S3/c1-14(21)20-17-12-16(8-9-18(17)24-2)26(22,23)19-10-11-25-13-15-6-4-3-5-7-15/h3-9,12,19H,10-11,13H2,1-2H3,(H,20,21). The second-order valence-corrected chi connectivity index (χ2v) is 9.20. The molecule has 0 aliphatic rings. The summed E-state index contributed by atoms with van der Waals surface area (Å²) in [6.45, 7) is 1.74. The van der Waals surface area contributed by atoms with E-state index < -0.39 is 10.0 Å². The molecule has 1 amide bonds. The summed E-state index contributed by atoms with van der Waals surface area (Å²) in [5, 5.41) is 2.68. The topological polar surface area (TPSA) is 75.3 Å². The fourth-order valence-corrected chi connectivity index (χ4v) is 4.78. The molecule has 26 heavy (non-hydrogen) atoms. The van der Waals surface area contributed by atoms with Gasteiger partial charge in [0.25, 0.3) is 0 Å². The Hall–Kier alpha value is -1.48. The van der Waals surface area contributed by atoms with E-state index in [-0.39, 0.29) is 10.8 Å². The average Bonchev–Trinajstić information content (AvgIpc) is 2.61. The minimum Gasteiger partial charge on any atom is -0.325 e. The van der Waals surface area contributed by atoms with Gasteiger partial charge < -0.3 is 5.32 Å². The number of nitrogens with one attached hydrogen (secondary N) is 2. The molecule has 0 aliphatic heterocycles. The number of hydrogen-bond donors (Lipinski definition) is 2. The van der Waals surface area contributed by atoms with Crippen molar-refractivity contribution in [1.29, 1.82) is 0 Å². The Labute approximate surface area is 163 Å². The highest BCUT2D eigenvalue weighted by Gasteiger charge is 2.16. The molecule has 0 saturated heterocycles. The molecule has 0 aromatic heterocycles. The molecule has 8 heteroatoms. The summed E-state index contributed by atoms with van der Waals surface area (Å²) >= 11 is 3.12. The van der Waals surface area contributed by atoms with Gasteiger partial charge in [-0.05, 0) is 30.0 Å². The highest BCUT2D eigenvalue weighted by molar-refractivity contribution is 7.99. The molecule has 0 fully saturated rings. The Morgan fingerprint density at radius 3 is 2.50 bits per heavy atom. The second-order valence-electron chi connectivity index (χ2n) is 5.48. The van der Waals surface area contributed by atoms with Crippen molar-refractivity contribution in [3.63, 3.8) is 0 Å². The first-order valence-electron chi connectivity index (χ1n) is 7.99. The van der Waals surface area contributed by atoms with Crippen molar-refractivity contribution in [3.05, 3.63) is 54.1 Å². The number of carbonyl (C=O) groups is 1. The third-order valence-electron chi connectivity index (χ3n) is 3.44. The summed E-state index contributed by atoms with van der Waals surface area (Å²) in [6.07, 6.45) is 1.87. The summed E-state index contributed by atoms with van der Waals surface area (Å²) in [5.41, 5.74) is 1.72. The molecule has 0 spiro atoms. The van der Waals surface area contributed by atoms with Crippen LogP contribution in [0.2, 0.25) is 0 Å². The molecule has 5 nitrogen and oxygen atoms in total. The normalized spacial score (nSPS) is 11.3. The molecule has 140 valence electrons. The zero-order valence-electron chi connectivity index (χ0n) is 14.7. The van der Waals surface area contributed by atoms with E-state index in [4.69, 9.17) is 0 Å². The quantitative estimate of drug-likeness (QED) is 0.488. The van der Waals surface area contributed by atoms with Gasteiger partial charge in [-0.15, -0.1) is 11.8 Å². The van der Waals surface area contributed by atoms with E-state index in [0.29, 0.717) is 18.0 Å². The number of amides is 1. The zero-order valence-corrected chi connectivity index (χ0v) is 17.1. The number of benzene rings is 2. The van der Waals surface area contributed by atoms with Crippen LogP contribution in [0.25, 0.3) is 0 Å². The first-order valence-corrected chi connectivity index (χ1v) is 11.9. The first kappa shape index (κ1) is 20.8. The summed E-state index contributed by atoms with van der Waals surface area (Å²) in [7, 11) is -3.61. The van der Waals surface area contributed by atoms with Crippen LogP contribution in [0.5, 0.6) is 0 Å². The van der Waals surface area contributed by atoms with Crippen LogP contribution in [0.3, 0.4) is 0 Å². The van der Waals surface area contributed by atoms with Gasteiger partial charge in [-0.25, -0.2) is 13.1 Å². The van der Waals surface area contributed by atoms with E-state index in [1.54, 1.807) is 23.9 Å². The average molecular weight is 411 g/mol. The molecular formula is C18H22N2O3S3. The van der Waals surface area contributed by atoms with Gasteiger partial charge in [-0.1, -0.05) is 30.3 Å². The number of hydrogen-bond acceptors (Lipinski definition) is 5. The van der Waals surface area contributed by atoms with Crippen LogP contribution in [-0.2, 0) is 20.6 Å². The molecular weight excluding hydrogens is 388 g/mol. The van der Waals surface area contributed by atoms with Crippen LogP contribution >= 0.6 is 23.5 Å². The van der Waals surface area contributed by atoms with E-state index in [1.807, 2.05) is 36.6 Å². The first-order chi connectivity index (χ1) is 12.4. The van der Waals surface area contributed by atoms with Gasteiger partial charge in [0.2, 0.25) is 15.9 Å². The van der Waals surface area contributed by atoms with Crippen molar-refractivity contribution < 1.29 is 13.2 Å². The van der Waals surface area contributed by atoms with Gasteiger partial charge in [0.05, 0.1) is 10.6 Å². The monoisotopic (exact) mass is 410 g/mol. The number of anilines is 1. The van der Waals surface area contributed by atoms with Crippen molar-refractivity contribution in [2.75, 3.05) is 23.9 Å². The van der Waals surface area contributed by atoms with E-state index in [0.717, 1.165) is 10.6 Å². The predicted octanol–water partition coefficient (Wildman–Crippen LogP) is 3.58. The molecule has 0 radical (unpaired) electrons. The molecule has 0 unspecified atom stereocenters. The lowest BCUT2D eigenvalue weighted by Gasteiger charge is -2.12. The summed E-state index contributed by atoms with van der Waals surface area (Å²) in [4.78, 5) is 12.3. The molecule has 2 aromatic carbocycles.